The number of carbonyl (C=O) groups is 3. The van der Waals surface area contributed by atoms with Gasteiger partial charge in [-0.05, 0) is 31.9 Å². The minimum absolute atomic E-state index is 0.00472. The molecule has 8 nitrogen and oxygen atoms in total. The molecule has 140 valence electrons. The molecular weight excluding hydrogens is 348 g/mol. The molecule has 3 rings (SSSR count). The van der Waals surface area contributed by atoms with Crippen LogP contribution < -0.4 is 5.32 Å². The Kier molecular flexibility index (Phi) is 5.44. The van der Waals surface area contributed by atoms with Gasteiger partial charge in [-0.25, -0.2) is 14.8 Å². The van der Waals surface area contributed by atoms with Crippen LogP contribution in [0.5, 0.6) is 0 Å². The predicted octanol–water partition coefficient (Wildman–Crippen LogP) is 1.52. The molecule has 0 unspecified atom stereocenters. The third kappa shape index (κ3) is 4.46. The summed E-state index contributed by atoms with van der Waals surface area (Å²) >= 11 is 0. The van der Waals surface area contributed by atoms with Crippen LogP contribution in [0.15, 0.2) is 36.7 Å². The van der Waals surface area contributed by atoms with Gasteiger partial charge in [0, 0.05) is 24.7 Å². The van der Waals surface area contributed by atoms with Gasteiger partial charge in [0.15, 0.2) is 5.69 Å². The van der Waals surface area contributed by atoms with Crippen molar-refractivity contribution >= 4 is 17.8 Å². The van der Waals surface area contributed by atoms with Crippen molar-refractivity contribution in [2.24, 2.45) is 0 Å². The monoisotopic (exact) mass is 368 g/mol. The summed E-state index contributed by atoms with van der Waals surface area (Å²) in [7, 11) is 0. The van der Waals surface area contributed by atoms with E-state index in [4.69, 9.17) is 5.11 Å². The van der Waals surface area contributed by atoms with Gasteiger partial charge in [0.2, 0.25) is 0 Å². The first-order chi connectivity index (χ1) is 12.9. The molecule has 1 aromatic carbocycles. The summed E-state index contributed by atoms with van der Waals surface area (Å²) in [5, 5.41) is 11.7. The number of benzene rings is 1. The first-order valence-electron chi connectivity index (χ1n) is 8.66. The number of nitrogens with one attached hydrogen (secondary N) is 1. The van der Waals surface area contributed by atoms with Crippen molar-refractivity contribution in [3.8, 4) is 0 Å². The molecule has 8 heteroatoms. The van der Waals surface area contributed by atoms with E-state index in [0.717, 1.165) is 18.0 Å². The van der Waals surface area contributed by atoms with E-state index in [1.807, 2.05) is 31.2 Å². The van der Waals surface area contributed by atoms with Crippen LogP contribution >= 0.6 is 0 Å². The van der Waals surface area contributed by atoms with Crippen molar-refractivity contribution in [1.82, 2.24) is 20.2 Å². The lowest BCUT2D eigenvalue weighted by Crippen LogP contribution is -2.46. The molecule has 2 heterocycles. The second-order valence-corrected chi connectivity index (χ2v) is 6.50. The maximum absolute atomic E-state index is 12.5. The second-order valence-electron chi connectivity index (χ2n) is 6.50. The Morgan fingerprint density at radius 2 is 1.63 bits per heavy atom. The Morgan fingerprint density at radius 1 is 1.04 bits per heavy atom. The minimum atomic E-state index is -1.19. The highest BCUT2D eigenvalue weighted by Gasteiger charge is 2.25. The van der Waals surface area contributed by atoms with Crippen molar-refractivity contribution in [2.45, 2.75) is 25.8 Å². The van der Waals surface area contributed by atoms with Gasteiger partial charge >= 0.3 is 5.97 Å². The van der Waals surface area contributed by atoms with E-state index in [1.165, 1.54) is 0 Å². The molecule has 1 saturated heterocycles. The van der Waals surface area contributed by atoms with Gasteiger partial charge in [-0.15, -0.1) is 0 Å². The summed E-state index contributed by atoms with van der Waals surface area (Å²) in [4.78, 5) is 44.8. The molecule has 2 amide bonds. The van der Waals surface area contributed by atoms with Crippen LogP contribution in [0.4, 0.5) is 0 Å². The number of amides is 2. The lowest BCUT2D eigenvalue weighted by Gasteiger charge is -2.32. The Bertz CT molecular complexity index is 841. The summed E-state index contributed by atoms with van der Waals surface area (Å²) in [5.74, 6) is -1.60. The highest BCUT2D eigenvalue weighted by molar-refractivity contribution is 5.94. The second kappa shape index (κ2) is 7.94. The van der Waals surface area contributed by atoms with Gasteiger partial charge in [-0.1, -0.05) is 17.7 Å². The van der Waals surface area contributed by atoms with Crippen LogP contribution in [-0.4, -0.2) is 56.9 Å². The van der Waals surface area contributed by atoms with E-state index >= 15 is 0 Å². The quantitative estimate of drug-likeness (QED) is 0.846. The van der Waals surface area contributed by atoms with Crippen molar-refractivity contribution < 1.29 is 19.5 Å². The van der Waals surface area contributed by atoms with Crippen LogP contribution in [0.3, 0.4) is 0 Å². The third-order valence-electron chi connectivity index (χ3n) is 4.52. The SMILES string of the molecule is Cc1ccc(C(=O)N2CCC(NC(=O)c3cnc(C(=O)O)cn3)CC2)cc1. The van der Waals surface area contributed by atoms with Crippen molar-refractivity contribution in [3.63, 3.8) is 0 Å². The number of likely N-dealkylation sites (tertiary alicyclic amines) is 1. The molecule has 0 atom stereocenters. The molecule has 1 aliphatic rings. The Hall–Kier alpha value is -3.29. The number of aromatic carboxylic acids is 1. The number of rotatable bonds is 4. The van der Waals surface area contributed by atoms with Gasteiger partial charge < -0.3 is 15.3 Å². The van der Waals surface area contributed by atoms with E-state index in [0.29, 0.717) is 31.5 Å². The number of piperidine rings is 1. The number of carboxylic acids is 1. The van der Waals surface area contributed by atoms with Crippen LogP contribution in [-0.2, 0) is 0 Å². The van der Waals surface area contributed by atoms with E-state index in [9.17, 15) is 14.4 Å². The molecule has 0 aliphatic carbocycles. The number of aromatic nitrogens is 2. The van der Waals surface area contributed by atoms with Gasteiger partial charge in [-0.2, -0.15) is 0 Å². The molecule has 1 aliphatic heterocycles. The van der Waals surface area contributed by atoms with E-state index in [-0.39, 0.29) is 23.3 Å². The molecule has 2 aromatic rings. The summed E-state index contributed by atoms with van der Waals surface area (Å²) in [6, 6.07) is 7.41. The molecular formula is C19H20N4O4. The number of nitrogens with zero attached hydrogens (tertiary/aromatic N) is 3. The number of hydrogen-bond donors (Lipinski definition) is 2. The first kappa shape index (κ1) is 18.5. The topological polar surface area (TPSA) is 112 Å². The van der Waals surface area contributed by atoms with Crippen molar-refractivity contribution in [1.29, 1.82) is 0 Å². The third-order valence-corrected chi connectivity index (χ3v) is 4.52. The highest BCUT2D eigenvalue weighted by Crippen LogP contribution is 2.15. The Balaban J connectivity index is 1.53. The van der Waals surface area contributed by atoms with Gasteiger partial charge in [0.25, 0.3) is 11.8 Å². The zero-order chi connectivity index (χ0) is 19.4. The highest BCUT2D eigenvalue weighted by atomic mass is 16.4. The molecule has 27 heavy (non-hydrogen) atoms. The Labute approximate surface area is 156 Å². The summed E-state index contributed by atoms with van der Waals surface area (Å²) < 4.78 is 0. The van der Waals surface area contributed by atoms with Crippen molar-refractivity contribution in [2.75, 3.05) is 13.1 Å². The average molecular weight is 368 g/mol. The zero-order valence-corrected chi connectivity index (χ0v) is 14.9. The lowest BCUT2D eigenvalue weighted by atomic mass is 10.0. The molecule has 0 saturated carbocycles. The predicted molar refractivity (Wildman–Crippen MR) is 96.6 cm³/mol. The number of carboxylic acid groups (broad SMARTS) is 1. The van der Waals surface area contributed by atoms with Crippen molar-refractivity contribution in [3.05, 3.63) is 59.2 Å². The molecule has 0 radical (unpaired) electrons. The summed E-state index contributed by atoms with van der Waals surface area (Å²) in [6.45, 7) is 3.09. The lowest BCUT2D eigenvalue weighted by molar-refractivity contribution is 0.0679. The number of aryl methyl sites for hydroxylation is 1. The molecule has 1 fully saturated rings. The Morgan fingerprint density at radius 3 is 2.19 bits per heavy atom. The normalized spacial score (nSPS) is 14.6. The average Bonchev–Trinajstić information content (AvgIpc) is 2.68. The summed E-state index contributed by atoms with van der Waals surface area (Å²) in [5.41, 5.74) is 1.62. The first-order valence-corrected chi connectivity index (χ1v) is 8.66. The fraction of sp³-hybridized carbons (Fsp3) is 0.316. The number of hydrogen-bond acceptors (Lipinski definition) is 5. The number of carbonyl (C=O) groups excluding carboxylic acids is 2. The molecule has 0 spiro atoms. The fourth-order valence-corrected chi connectivity index (χ4v) is 2.92. The maximum Gasteiger partial charge on any atom is 0.356 e. The molecule has 0 bridgehead atoms. The van der Waals surface area contributed by atoms with E-state index < -0.39 is 11.9 Å². The smallest absolute Gasteiger partial charge is 0.356 e. The largest absolute Gasteiger partial charge is 0.476 e. The van der Waals surface area contributed by atoms with Gasteiger partial charge in [-0.3, -0.25) is 9.59 Å². The van der Waals surface area contributed by atoms with Crippen LogP contribution in [0.25, 0.3) is 0 Å². The van der Waals surface area contributed by atoms with E-state index in [1.54, 1.807) is 4.90 Å². The zero-order valence-electron chi connectivity index (χ0n) is 14.9. The van der Waals surface area contributed by atoms with Crippen LogP contribution in [0.1, 0.15) is 49.7 Å². The minimum Gasteiger partial charge on any atom is -0.476 e. The van der Waals surface area contributed by atoms with Crippen LogP contribution in [0, 0.1) is 6.92 Å². The maximum atomic E-state index is 12.5. The fourth-order valence-electron chi connectivity index (χ4n) is 2.92. The molecule has 2 N–H and O–H groups in total. The van der Waals surface area contributed by atoms with Gasteiger partial charge in [0.05, 0.1) is 12.4 Å². The van der Waals surface area contributed by atoms with Gasteiger partial charge in [0.1, 0.15) is 5.69 Å². The summed E-state index contributed by atoms with van der Waals surface area (Å²) in [6.07, 6.45) is 3.49. The van der Waals surface area contributed by atoms with Crippen LogP contribution in [0.2, 0.25) is 0 Å². The van der Waals surface area contributed by atoms with E-state index in [2.05, 4.69) is 15.3 Å². The molecule has 1 aromatic heterocycles. The standard InChI is InChI=1S/C19H20N4O4/c1-12-2-4-13(5-3-12)18(25)23-8-6-14(7-9-23)22-17(24)15-10-21-16(11-20-15)19(26)27/h2-5,10-11,14H,6-9H2,1H3,(H,22,24)(H,26,27).